The van der Waals surface area contributed by atoms with Crippen molar-refractivity contribution in [3.8, 4) is 0 Å². The molecule has 3 atom stereocenters. The lowest BCUT2D eigenvalue weighted by Gasteiger charge is -2.27. The molecule has 102 valence electrons. The van der Waals surface area contributed by atoms with Crippen molar-refractivity contribution in [2.24, 2.45) is 11.7 Å². The fourth-order valence-corrected chi connectivity index (χ4v) is 2.49. The molecule has 1 fully saturated rings. The molecule has 0 radical (unpaired) electrons. The summed E-state index contributed by atoms with van der Waals surface area (Å²) in [4.78, 5) is 0. The summed E-state index contributed by atoms with van der Waals surface area (Å²) in [6, 6.07) is 0. The molecular weight excluding hydrogens is 214 g/mol. The molecule has 0 saturated heterocycles. The highest BCUT2D eigenvalue weighted by molar-refractivity contribution is 4.73. The molecule has 3 heteroatoms. The van der Waals surface area contributed by atoms with Crippen LogP contribution in [-0.4, -0.2) is 30.0 Å². The summed E-state index contributed by atoms with van der Waals surface area (Å²) in [7, 11) is 0. The van der Waals surface area contributed by atoms with Crippen LogP contribution in [0.4, 0.5) is 0 Å². The highest BCUT2D eigenvalue weighted by atomic mass is 16.5. The van der Waals surface area contributed by atoms with Crippen LogP contribution in [0.5, 0.6) is 0 Å². The van der Waals surface area contributed by atoms with Gasteiger partial charge in [0, 0.05) is 13.2 Å². The van der Waals surface area contributed by atoms with E-state index in [9.17, 15) is 5.11 Å². The second kappa shape index (κ2) is 7.34. The van der Waals surface area contributed by atoms with Crippen molar-refractivity contribution < 1.29 is 9.84 Å². The molecule has 3 unspecified atom stereocenters. The van der Waals surface area contributed by atoms with Crippen LogP contribution in [0.15, 0.2) is 0 Å². The Hall–Kier alpha value is -0.120. The number of aliphatic hydroxyl groups is 1. The molecule has 0 aromatic heterocycles. The van der Waals surface area contributed by atoms with Gasteiger partial charge in [-0.25, -0.2) is 0 Å². The van der Waals surface area contributed by atoms with Gasteiger partial charge in [0.2, 0.25) is 0 Å². The predicted octanol–water partition coefficient (Wildman–Crippen LogP) is 2.46. The Labute approximate surface area is 106 Å². The highest BCUT2D eigenvalue weighted by Crippen LogP contribution is 2.25. The van der Waals surface area contributed by atoms with Crippen LogP contribution in [0.2, 0.25) is 0 Å². The van der Waals surface area contributed by atoms with Crippen LogP contribution in [-0.2, 0) is 4.74 Å². The van der Waals surface area contributed by atoms with Gasteiger partial charge in [0.05, 0.1) is 11.7 Å². The highest BCUT2D eigenvalue weighted by Gasteiger charge is 2.19. The van der Waals surface area contributed by atoms with Crippen molar-refractivity contribution in [1.82, 2.24) is 0 Å². The molecule has 0 bridgehead atoms. The number of hydrogen-bond donors (Lipinski definition) is 2. The maximum absolute atomic E-state index is 9.74. The zero-order chi connectivity index (χ0) is 12.7. The van der Waals surface area contributed by atoms with Crippen molar-refractivity contribution in [2.75, 3.05) is 13.2 Å². The van der Waals surface area contributed by atoms with Gasteiger partial charge >= 0.3 is 0 Å². The molecule has 3 nitrogen and oxygen atoms in total. The molecule has 3 N–H and O–H groups in total. The van der Waals surface area contributed by atoms with E-state index < -0.39 is 5.60 Å². The van der Waals surface area contributed by atoms with Crippen LogP contribution in [0.3, 0.4) is 0 Å². The number of rotatable bonds is 7. The Morgan fingerprint density at radius 3 is 2.76 bits per heavy atom. The lowest BCUT2D eigenvalue weighted by molar-refractivity contribution is 0.00916. The first-order valence-corrected chi connectivity index (χ1v) is 7.07. The van der Waals surface area contributed by atoms with Gasteiger partial charge in [0.25, 0.3) is 0 Å². The first-order chi connectivity index (χ1) is 8.03. The van der Waals surface area contributed by atoms with Crippen molar-refractivity contribution >= 4 is 0 Å². The Bertz CT molecular complexity index is 206. The molecule has 0 aromatic carbocycles. The van der Waals surface area contributed by atoms with E-state index in [0.29, 0.717) is 12.6 Å². The van der Waals surface area contributed by atoms with Crippen molar-refractivity contribution in [3.63, 3.8) is 0 Å². The third-order valence-corrected chi connectivity index (χ3v) is 3.79. The second-order valence-electron chi connectivity index (χ2n) is 5.92. The summed E-state index contributed by atoms with van der Waals surface area (Å²) < 4.78 is 5.89. The zero-order valence-electron chi connectivity index (χ0n) is 11.5. The van der Waals surface area contributed by atoms with E-state index in [1.54, 1.807) is 6.92 Å². The van der Waals surface area contributed by atoms with Gasteiger partial charge in [-0.15, -0.1) is 0 Å². The van der Waals surface area contributed by atoms with Gasteiger partial charge in [-0.1, -0.05) is 19.8 Å². The fourth-order valence-electron chi connectivity index (χ4n) is 2.49. The second-order valence-corrected chi connectivity index (χ2v) is 5.92. The smallest absolute Gasteiger partial charge is 0.0741 e. The average Bonchev–Trinajstić information content (AvgIpc) is 2.29. The molecule has 1 aliphatic rings. The van der Waals surface area contributed by atoms with E-state index in [1.165, 1.54) is 25.7 Å². The van der Waals surface area contributed by atoms with Gasteiger partial charge in [0.1, 0.15) is 0 Å². The third kappa shape index (κ3) is 6.39. The normalized spacial score (nSPS) is 28.9. The van der Waals surface area contributed by atoms with Gasteiger partial charge in [-0.2, -0.15) is 0 Å². The molecule has 0 heterocycles. The molecule has 1 rings (SSSR count). The van der Waals surface area contributed by atoms with Crippen molar-refractivity contribution in [2.45, 2.75) is 70.5 Å². The summed E-state index contributed by atoms with van der Waals surface area (Å²) in [5.74, 6) is 0.826. The van der Waals surface area contributed by atoms with Crippen LogP contribution < -0.4 is 5.73 Å². The minimum absolute atomic E-state index is 0.341. The van der Waals surface area contributed by atoms with E-state index in [0.717, 1.165) is 31.8 Å². The SMILES string of the molecule is CC1CCCC(OCCCCC(C)(O)CN)C1. The topological polar surface area (TPSA) is 55.5 Å². The molecule has 0 aromatic rings. The maximum Gasteiger partial charge on any atom is 0.0741 e. The fraction of sp³-hybridized carbons (Fsp3) is 1.00. The first-order valence-electron chi connectivity index (χ1n) is 7.07. The summed E-state index contributed by atoms with van der Waals surface area (Å²) in [6.45, 7) is 5.29. The summed E-state index contributed by atoms with van der Waals surface area (Å²) >= 11 is 0. The molecule has 1 saturated carbocycles. The van der Waals surface area contributed by atoms with Crippen LogP contribution in [0.1, 0.15) is 58.8 Å². The average molecular weight is 243 g/mol. The van der Waals surface area contributed by atoms with E-state index in [4.69, 9.17) is 10.5 Å². The van der Waals surface area contributed by atoms with Gasteiger partial charge < -0.3 is 15.6 Å². The minimum Gasteiger partial charge on any atom is -0.389 e. The van der Waals surface area contributed by atoms with E-state index >= 15 is 0 Å². The Morgan fingerprint density at radius 1 is 1.35 bits per heavy atom. The standard InChI is InChI=1S/C14H29NO2/c1-12-6-5-7-13(10-12)17-9-4-3-8-14(2,16)11-15/h12-13,16H,3-11,15H2,1-2H3. The maximum atomic E-state index is 9.74. The summed E-state index contributed by atoms with van der Waals surface area (Å²) in [5, 5.41) is 9.74. The Kier molecular flexibility index (Phi) is 6.45. The number of nitrogens with two attached hydrogens (primary N) is 1. The zero-order valence-corrected chi connectivity index (χ0v) is 11.5. The van der Waals surface area contributed by atoms with E-state index in [2.05, 4.69) is 6.92 Å². The molecular formula is C14H29NO2. The Morgan fingerprint density at radius 2 is 2.12 bits per heavy atom. The number of ether oxygens (including phenoxy) is 1. The van der Waals surface area contributed by atoms with Gasteiger partial charge in [-0.05, 0) is 44.9 Å². The van der Waals surface area contributed by atoms with Gasteiger partial charge in [0.15, 0.2) is 0 Å². The molecule has 0 spiro atoms. The molecule has 17 heavy (non-hydrogen) atoms. The van der Waals surface area contributed by atoms with E-state index in [1.807, 2.05) is 0 Å². The quantitative estimate of drug-likeness (QED) is 0.675. The number of unbranched alkanes of at least 4 members (excludes halogenated alkanes) is 1. The molecule has 1 aliphatic carbocycles. The monoisotopic (exact) mass is 243 g/mol. The predicted molar refractivity (Wildman–Crippen MR) is 70.9 cm³/mol. The lowest BCUT2D eigenvalue weighted by atomic mass is 9.89. The Balaban J connectivity index is 2.00. The van der Waals surface area contributed by atoms with E-state index in [-0.39, 0.29) is 0 Å². The van der Waals surface area contributed by atoms with Crippen molar-refractivity contribution in [3.05, 3.63) is 0 Å². The van der Waals surface area contributed by atoms with Crippen LogP contribution in [0, 0.1) is 5.92 Å². The first kappa shape index (κ1) is 14.9. The summed E-state index contributed by atoms with van der Waals surface area (Å²) in [6.07, 6.45) is 8.40. The van der Waals surface area contributed by atoms with Crippen molar-refractivity contribution in [1.29, 1.82) is 0 Å². The van der Waals surface area contributed by atoms with Crippen LogP contribution >= 0.6 is 0 Å². The lowest BCUT2D eigenvalue weighted by Crippen LogP contribution is -2.34. The van der Waals surface area contributed by atoms with Crippen LogP contribution in [0.25, 0.3) is 0 Å². The molecule has 0 amide bonds. The van der Waals surface area contributed by atoms with Gasteiger partial charge in [-0.3, -0.25) is 0 Å². The number of hydrogen-bond acceptors (Lipinski definition) is 3. The third-order valence-electron chi connectivity index (χ3n) is 3.79. The largest absolute Gasteiger partial charge is 0.389 e. The molecule has 0 aliphatic heterocycles. The minimum atomic E-state index is -0.695. The summed E-state index contributed by atoms with van der Waals surface area (Å²) in [5.41, 5.74) is 4.78.